The van der Waals surface area contributed by atoms with Gasteiger partial charge in [-0.2, -0.15) is 0 Å². The smallest absolute Gasteiger partial charge is 0.0994 e. The summed E-state index contributed by atoms with van der Waals surface area (Å²) in [5, 5.41) is 20.2. The number of hydrogen-bond donors (Lipinski definition) is 2. The third-order valence-electron chi connectivity index (χ3n) is 2.63. The molecule has 0 aromatic heterocycles. The van der Waals surface area contributed by atoms with Crippen LogP contribution in [0.1, 0.15) is 26.3 Å². The molecule has 0 saturated heterocycles. The van der Waals surface area contributed by atoms with E-state index in [9.17, 15) is 10.2 Å². The standard InChI is InChI=1S/C14H23NO2/c1-13(2,16)10-15(4)11-14(3,17)12-8-6-5-7-9-12/h5-9,16-17H,10-11H2,1-4H3. The van der Waals surface area contributed by atoms with Gasteiger partial charge >= 0.3 is 0 Å². The average molecular weight is 237 g/mol. The molecule has 0 spiro atoms. The Balaban J connectivity index is 2.67. The molecule has 1 rings (SSSR count). The molecule has 0 heterocycles. The second-order valence-corrected chi connectivity index (χ2v) is 5.62. The highest BCUT2D eigenvalue weighted by Crippen LogP contribution is 2.21. The third kappa shape index (κ3) is 4.86. The van der Waals surface area contributed by atoms with Crippen molar-refractivity contribution in [2.75, 3.05) is 20.1 Å². The zero-order valence-corrected chi connectivity index (χ0v) is 11.1. The predicted octanol–water partition coefficient (Wildman–Crippen LogP) is 1.60. The van der Waals surface area contributed by atoms with Crippen LogP contribution in [0.4, 0.5) is 0 Å². The van der Waals surface area contributed by atoms with Crippen LogP contribution in [0.5, 0.6) is 0 Å². The molecule has 96 valence electrons. The second kappa shape index (κ2) is 5.17. The number of likely N-dealkylation sites (N-methyl/N-ethyl adjacent to an activating group) is 1. The van der Waals surface area contributed by atoms with E-state index in [1.165, 1.54) is 0 Å². The molecule has 0 bridgehead atoms. The summed E-state index contributed by atoms with van der Waals surface area (Å²) in [7, 11) is 1.90. The lowest BCUT2D eigenvalue weighted by molar-refractivity contribution is -0.00937. The largest absolute Gasteiger partial charge is 0.389 e. The van der Waals surface area contributed by atoms with E-state index < -0.39 is 11.2 Å². The van der Waals surface area contributed by atoms with Gasteiger partial charge in [-0.05, 0) is 33.4 Å². The van der Waals surface area contributed by atoms with Crippen LogP contribution in [0.3, 0.4) is 0 Å². The highest BCUT2D eigenvalue weighted by atomic mass is 16.3. The quantitative estimate of drug-likeness (QED) is 0.817. The lowest BCUT2D eigenvalue weighted by Gasteiger charge is -2.32. The van der Waals surface area contributed by atoms with E-state index in [0.29, 0.717) is 13.1 Å². The van der Waals surface area contributed by atoms with Gasteiger partial charge in [0.15, 0.2) is 0 Å². The van der Waals surface area contributed by atoms with Gasteiger partial charge in [-0.3, -0.25) is 0 Å². The minimum Gasteiger partial charge on any atom is -0.389 e. The minimum atomic E-state index is -0.902. The molecule has 3 heteroatoms. The Hall–Kier alpha value is -0.900. The van der Waals surface area contributed by atoms with Gasteiger partial charge in [0, 0.05) is 13.1 Å². The van der Waals surface area contributed by atoms with Crippen molar-refractivity contribution < 1.29 is 10.2 Å². The molecule has 3 nitrogen and oxygen atoms in total. The lowest BCUT2D eigenvalue weighted by atomic mass is 9.95. The summed E-state index contributed by atoms with van der Waals surface area (Å²) in [5.41, 5.74) is -0.759. The highest BCUT2D eigenvalue weighted by Gasteiger charge is 2.26. The summed E-state index contributed by atoms with van der Waals surface area (Å²) in [5.74, 6) is 0. The Labute approximate surface area is 104 Å². The maximum absolute atomic E-state index is 10.4. The first-order valence-corrected chi connectivity index (χ1v) is 5.89. The Bertz CT molecular complexity index is 341. The van der Waals surface area contributed by atoms with Crippen molar-refractivity contribution in [3.05, 3.63) is 35.9 Å². The summed E-state index contributed by atoms with van der Waals surface area (Å²) in [6.07, 6.45) is 0. The number of benzene rings is 1. The van der Waals surface area contributed by atoms with Crippen molar-refractivity contribution >= 4 is 0 Å². The lowest BCUT2D eigenvalue weighted by Crippen LogP contribution is -2.43. The van der Waals surface area contributed by atoms with Crippen molar-refractivity contribution in [2.45, 2.75) is 32.0 Å². The fourth-order valence-electron chi connectivity index (χ4n) is 2.13. The molecule has 0 aliphatic rings. The van der Waals surface area contributed by atoms with Gasteiger partial charge in [-0.15, -0.1) is 0 Å². The van der Waals surface area contributed by atoms with Gasteiger partial charge in [-0.25, -0.2) is 0 Å². The molecule has 0 aliphatic carbocycles. The fourth-order valence-corrected chi connectivity index (χ4v) is 2.13. The monoisotopic (exact) mass is 237 g/mol. The van der Waals surface area contributed by atoms with Crippen LogP contribution in [0.2, 0.25) is 0 Å². The highest BCUT2D eigenvalue weighted by molar-refractivity contribution is 5.21. The molecule has 0 radical (unpaired) electrons. The Morgan fingerprint density at radius 3 is 2.00 bits per heavy atom. The number of aliphatic hydroxyl groups is 2. The minimum absolute atomic E-state index is 0.487. The first kappa shape index (κ1) is 14.2. The van der Waals surface area contributed by atoms with Crippen LogP contribution in [0.25, 0.3) is 0 Å². The van der Waals surface area contributed by atoms with Crippen LogP contribution in [-0.4, -0.2) is 40.9 Å². The molecule has 0 fully saturated rings. The van der Waals surface area contributed by atoms with Crippen molar-refractivity contribution in [2.24, 2.45) is 0 Å². The van der Waals surface area contributed by atoms with Crippen molar-refractivity contribution in [1.82, 2.24) is 4.90 Å². The van der Waals surface area contributed by atoms with E-state index in [0.717, 1.165) is 5.56 Å². The zero-order valence-electron chi connectivity index (χ0n) is 11.1. The van der Waals surface area contributed by atoms with E-state index in [1.54, 1.807) is 20.8 Å². The Morgan fingerprint density at radius 2 is 1.53 bits per heavy atom. The first-order chi connectivity index (χ1) is 7.71. The van der Waals surface area contributed by atoms with E-state index in [2.05, 4.69) is 0 Å². The molecule has 1 unspecified atom stereocenters. The van der Waals surface area contributed by atoms with E-state index >= 15 is 0 Å². The SMILES string of the molecule is CN(CC(C)(C)O)CC(C)(O)c1ccccc1. The molecule has 1 atom stereocenters. The number of nitrogens with zero attached hydrogens (tertiary/aromatic N) is 1. The number of hydrogen-bond acceptors (Lipinski definition) is 3. The Morgan fingerprint density at radius 1 is 1.00 bits per heavy atom. The van der Waals surface area contributed by atoms with Crippen LogP contribution < -0.4 is 0 Å². The van der Waals surface area contributed by atoms with E-state index in [-0.39, 0.29) is 0 Å². The maximum Gasteiger partial charge on any atom is 0.0994 e. The van der Waals surface area contributed by atoms with Crippen molar-refractivity contribution in [1.29, 1.82) is 0 Å². The molecule has 0 amide bonds. The molecular weight excluding hydrogens is 214 g/mol. The topological polar surface area (TPSA) is 43.7 Å². The first-order valence-electron chi connectivity index (χ1n) is 5.89. The number of rotatable bonds is 5. The van der Waals surface area contributed by atoms with Crippen LogP contribution in [-0.2, 0) is 5.60 Å². The van der Waals surface area contributed by atoms with Gasteiger partial charge in [0.25, 0.3) is 0 Å². The predicted molar refractivity (Wildman–Crippen MR) is 69.8 cm³/mol. The summed E-state index contributed by atoms with van der Waals surface area (Å²) in [6.45, 7) is 6.33. The van der Waals surface area contributed by atoms with Crippen molar-refractivity contribution in [3.63, 3.8) is 0 Å². The normalized spacial score (nSPS) is 15.9. The molecular formula is C14H23NO2. The maximum atomic E-state index is 10.4. The fraction of sp³-hybridized carbons (Fsp3) is 0.571. The molecule has 0 aliphatic heterocycles. The second-order valence-electron chi connectivity index (χ2n) is 5.62. The molecule has 17 heavy (non-hydrogen) atoms. The van der Waals surface area contributed by atoms with Gasteiger partial charge in [-0.1, -0.05) is 30.3 Å². The van der Waals surface area contributed by atoms with Gasteiger partial charge in [0.2, 0.25) is 0 Å². The van der Waals surface area contributed by atoms with Crippen molar-refractivity contribution in [3.8, 4) is 0 Å². The van der Waals surface area contributed by atoms with Gasteiger partial charge in [0.1, 0.15) is 0 Å². The zero-order chi connectivity index (χ0) is 13.1. The summed E-state index contributed by atoms with van der Waals surface area (Å²) in [4.78, 5) is 1.94. The molecule has 1 aromatic carbocycles. The molecule has 2 N–H and O–H groups in total. The van der Waals surface area contributed by atoms with E-state index in [1.807, 2.05) is 42.3 Å². The van der Waals surface area contributed by atoms with Crippen LogP contribution in [0, 0.1) is 0 Å². The Kier molecular flexibility index (Phi) is 4.31. The summed E-state index contributed by atoms with van der Waals surface area (Å²) < 4.78 is 0. The van der Waals surface area contributed by atoms with E-state index in [4.69, 9.17) is 0 Å². The summed E-state index contributed by atoms with van der Waals surface area (Å²) >= 11 is 0. The molecule has 0 saturated carbocycles. The average Bonchev–Trinajstić information content (AvgIpc) is 2.15. The third-order valence-corrected chi connectivity index (χ3v) is 2.63. The van der Waals surface area contributed by atoms with Gasteiger partial charge in [0.05, 0.1) is 11.2 Å². The summed E-state index contributed by atoms with van der Waals surface area (Å²) in [6, 6.07) is 9.59. The van der Waals surface area contributed by atoms with Crippen LogP contribution in [0.15, 0.2) is 30.3 Å². The van der Waals surface area contributed by atoms with Crippen LogP contribution >= 0.6 is 0 Å². The molecule has 1 aromatic rings. The van der Waals surface area contributed by atoms with Gasteiger partial charge < -0.3 is 15.1 Å².